The number of carbonyl (C=O) groups excluding carboxylic acids is 2. The molecule has 9 heteroatoms. The van der Waals surface area contributed by atoms with Gasteiger partial charge in [0.25, 0.3) is 5.91 Å². The lowest BCUT2D eigenvalue weighted by molar-refractivity contribution is -0.157. The van der Waals surface area contributed by atoms with Crippen LogP contribution in [0.3, 0.4) is 0 Å². The number of aliphatic carboxylic acids is 1. The van der Waals surface area contributed by atoms with Crippen LogP contribution in [0.25, 0.3) is 11.1 Å². The van der Waals surface area contributed by atoms with E-state index in [9.17, 15) is 28.3 Å². The number of amides is 2. The van der Waals surface area contributed by atoms with Crippen molar-refractivity contribution in [2.45, 2.75) is 38.0 Å². The fraction of sp³-hybridized carbons (Fsp3) is 0.423. The fourth-order valence-electron chi connectivity index (χ4n) is 5.15. The molecule has 35 heavy (non-hydrogen) atoms. The molecule has 186 valence electrons. The van der Waals surface area contributed by atoms with E-state index in [0.717, 1.165) is 27.2 Å². The summed E-state index contributed by atoms with van der Waals surface area (Å²) >= 11 is 0. The zero-order chi connectivity index (χ0) is 25.2. The lowest BCUT2D eigenvalue weighted by Crippen LogP contribution is -2.50. The van der Waals surface area contributed by atoms with Gasteiger partial charge in [-0.1, -0.05) is 61.9 Å². The van der Waals surface area contributed by atoms with Crippen molar-refractivity contribution >= 4 is 18.0 Å². The van der Waals surface area contributed by atoms with Crippen LogP contribution in [-0.2, 0) is 14.3 Å². The number of ether oxygens (including phenoxy) is 1. The first-order chi connectivity index (χ1) is 16.7. The molecule has 1 aliphatic carbocycles. The lowest BCUT2D eigenvalue weighted by atomic mass is 9.83. The summed E-state index contributed by atoms with van der Waals surface area (Å²) in [6.45, 7) is 0.208. The highest BCUT2D eigenvalue weighted by molar-refractivity contribution is 5.86. The molecule has 1 heterocycles. The summed E-state index contributed by atoms with van der Waals surface area (Å²) in [7, 11) is 0. The number of fused-ring (bicyclic) bond motifs is 3. The Morgan fingerprint density at radius 1 is 1.11 bits per heavy atom. The summed E-state index contributed by atoms with van der Waals surface area (Å²) < 4.78 is 34.4. The van der Waals surface area contributed by atoms with Crippen LogP contribution in [-0.4, -0.2) is 60.1 Å². The Balaban J connectivity index is 1.33. The number of halogens is 2. The highest BCUT2D eigenvalue weighted by Crippen LogP contribution is 2.44. The van der Waals surface area contributed by atoms with E-state index in [0.29, 0.717) is 12.8 Å². The Kier molecular flexibility index (Phi) is 6.78. The van der Waals surface area contributed by atoms with Gasteiger partial charge in [-0.25, -0.2) is 4.79 Å². The minimum atomic E-state index is -3.88. The van der Waals surface area contributed by atoms with Gasteiger partial charge in [0.1, 0.15) is 6.61 Å². The van der Waals surface area contributed by atoms with Crippen molar-refractivity contribution in [1.29, 1.82) is 0 Å². The molecule has 2 amide bonds. The van der Waals surface area contributed by atoms with Crippen LogP contribution in [0.2, 0.25) is 0 Å². The largest absolute Gasteiger partial charge is 0.481 e. The van der Waals surface area contributed by atoms with Crippen LogP contribution in [0.1, 0.15) is 43.2 Å². The van der Waals surface area contributed by atoms with Crippen LogP contribution in [0.4, 0.5) is 13.6 Å². The summed E-state index contributed by atoms with van der Waals surface area (Å²) in [5.41, 5.74) is 2.86. The van der Waals surface area contributed by atoms with Crippen LogP contribution < -0.4 is 5.32 Å². The molecule has 1 unspecified atom stereocenters. The second-order valence-corrected chi connectivity index (χ2v) is 9.20. The number of carboxylic acid groups (broad SMARTS) is 1. The molecule has 0 aromatic heterocycles. The molecule has 2 aliphatic rings. The minimum absolute atomic E-state index is 0.0380. The first-order valence-electron chi connectivity index (χ1n) is 11.7. The maximum absolute atomic E-state index is 14.6. The van der Waals surface area contributed by atoms with Crippen molar-refractivity contribution in [1.82, 2.24) is 10.2 Å². The highest BCUT2D eigenvalue weighted by atomic mass is 19.3. The Morgan fingerprint density at radius 3 is 2.29 bits per heavy atom. The Hall–Kier alpha value is -3.49. The molecule has 1 saturated heterocycles. The zero-order valence-corrected chi connectivity index (χ0v) is 19.4. The topological polar surface area (TPSA) is 95.9 Å². The third kappa shape index (κ3) is 4.72. The van der Waals surface area contributed by atoms with Crippen LogP contribution in [0.5, 0.6) is 0 Å². The summed E-state index contributed by atoms with van der Waals surface area (Å²) in [6, 6.07) is 15.5. The molecule has 0 radical (unpaired) electrons. The van der Waals surface area contributed by atoms with Crippen LogP contribution in [0.15, 0.2) is 48.5 Å². The number of likely N-dealkylation sites (tertiary alicyclic amines) is 1. The van der Waals surface area contributed by atoms with Gasteiger partial charge < -0.3 is 20.1 Å². The van der Waals surface area contributed by atoms with E-state index >= 15 is 0 Å². The van der Waals surface area contributed by atoms with Crippen molar-refractivity contribution in [2.24, 2.45) is 5.41 Å². The third-order valence-corrected chi connectivity index (χ3v) is 6.93. The molecule has 2 aromatic rings. The molecular formula is C26H28F2N2O5. The van der Waals surface area contributed by atoms with Gasteiger partial charge >= 0.3 is 18.0 Å². The Bertz CT molecular complexity index is 1090. The summed E-state index contributed by atoms with van der Waals surface area (Å²) in [4.78, 5) is 37.2. The molecule has 0 bridgehead atoms. The Morgan fingerprint density at radius 2 is 1.71 bits per heavy atom. The van der Waals surface area contributed by atoms with Gasteiger partial charge in [0.05, 0.1) is 12.0 Å². The van der Waals surface area contributed by atoms with Crippen molar-refractivity contribution in [2.75, 3.05) is 26.2 Å². The average molecular weight is 487 g/mol. The van der Waals surface area contributed by atoms with Crippen molar-refractivity contribution in [3.05, 3.63) is 59.7 Å². The van der Waals surface area contributed by atoms with Gasteiger partial charge in [-0.3, -0.25) is 9.59 Å². The molecule has 1 aliphatic heterocycles. The van der Waals surface area contributed by atoms with Crippen LogP contribution >= 0.6 is 0 Å². The molecule has 0 saturated carbocycles. The first kappa shape index (κ1) is 24.6. The monoisotopic (exact) mass is 486 g/mol. The van der Waals surface area contributed by atoms with E-state index in [2.05, 4.69) is 0 Å². The average Bonchev–Trinajstić information content (AvgIpc) is 3.42. The number of hydrogen-bond acceptors (Lipinski definition) is 4. The maximum atomic E-state index is 14.6. The summed E-state index contributed by atoms with van der Waals surface area (Å²) in [6.07, 6.45) is -0.0618. The van der Waals surface area contributed by atoms with E-state index in [1.54, 1.807) is 0 Å². The van der Waals surface area contributed by atoms with Gasteiger partial charge in [0.15, 0.2) is 0 Å². The standard InChI is InChI=1S/C26H28F2N2O5/c1-2-11-25(23(32)33)12-13-30(16-25)22(31)26(27,28)15-29-24(34)35-14-21-19-9-5-3-7-17(19)18-8-4-6-10-20(18)21/h3-10,21H,2,11-16H2,1H3,(H,29,34)(H,32,33). The summed E-state index contributed by atoms with van der Waals surface area (Å²) in [5, 5.41) is 11.5. The normalized spacial score (nSPS) is 19.2. The van der Waals surface area contributed by atoms with Crippen molar-refractivity contribution < 1.29 is 33.0 Å². The number of carbonyl (C=O) groups is 3. The number of alkyl carbamates (subject to hydrolysis) is 1. The number of rotatable bonds is 8. The van der Waals surface area contributed by atoms with Gasteiger partial charge in [0, 0.05) is 19.0 Å². The molecule has 1 atom stereocenters. The highest BCUT2D eigenvalue weighted by Gasteiger charge is 2.51. The number of nitrogens with one attached hydrogen (secondary N) is 1. The zero-order valence-electron chi connectivity index (χ0n) is 19.4. The molecule has 0 spiro atoms. The van der Waals surface area contributed by atoms with Crippen LogP contribution in [0, 0.1) is 5.41 Å². The molecule has 4 rings (SSSR count). The van der Waals surface area contributed by atoms with E-state index in [-0.39, 0.29) is 32.0 Å². The minimum Gasteiger partial charge on any atom is -0.481 e. The second-order valence-electron chi connectivity index (χ2n) is 9.20. The number of alkyl halides is 2. The predicted molar refractivity (Wildman–Crippen MR) is 124 cm³/mol. The molecule has 7 nitrogen and oxygen atoms in total. The lowest BCUT2D eigenvalue weighted by Gasteiger charge is -2.26. The fourth-order valence-corrected chi connectivity index (χ4v) is 5.15. The number of hydrogen-bond donors (Lipinski definition) is 2. The molecule has 1 fully saturated rings. The predicted octanol–water partition coefficient (Wildman–Crippen LogP) is 4.26. The SMILES string of the molecule is CCCC1(C(=O)O)CCN(C(=O)C(F)(F)CNC(=O)OCC2c3ccccc3-c3ccccc32)C1. The van der Waals surface area contributed by atoms with Gasteiger partial charge in [-0.05, 0) is 35.1 Å². The van der Waals surface area contributed by atoms with E-state index in [1.165, 1.54) is 0 Å². The van der Waals surface area contributed by atoms with Gasteiger partial charge in [-0.2, -0.15) is 8.78 Å². The van der Waals surface area contributed by atoms with E-state index in [1.807, 2.05) is 60.8 Å². The first-order valence-corrected chi connectivity index (χ1v) is 11.7. The number of carboxylic acids is 1. The maximum Gasteiger partial charge on any atom is 0.407 e. The number of nitrogens with zero attached hydrogens (tertiary/aromatic N) is 1. The van der Waals surface area contributed by atoms with E-state index in [4.69, 9.17) is 4.74 Å². The quantitative estimate of drug-likeness (QED) is 0.581. The third-order valence-electron chi connectivity index (χ3n) is 6.93. The molecular weight excluding hydrogens is 458 g/mol. The van der Waals surface area contributed by atoms with Gasteiger partial charge in [0.2, 0.25) is 0 Å². The molecule has 2 aromatic carbocycles. The van der Waals surface area contributed by atoms with Crippen molar-refractivity contribution in [3.63, 3.8) is 0 Å². The van der Waals surface area contributed by atoms with Crippen molar-refractivity contribution in [3.8, 4) is 11.1 Å². The number of benzene rings is 2. The Labute approximate surface area is 202 Å². The van der Waals surface area contributed by atoms with E-state index < -0.39 is 35.9 Å². The van der Waals surface area contributed by atoms with Gasteiger partial charge in [-0.15, -0.1) is 0 Å². The smallest absolute Gasteiger partial charge is 0.407 e. The summed E-state index contributed by atoms with van der Waals surface area (Å²) in [5.74, 6) is -6.68. The second kappa shape index (κ2) is 9.64. The molecule has 2 N–H and O–H groups in total.